The molecule has 0 saturated heterocycles. The zero-order valence-electron chi connectivity index (χ0n) is 10.1. The van der Waals surface area contributed by atoms with Gasteiger partial charge < -0.3 is 10.1 Å². The highest BCUT2D eigenvalue weighted by Crippen LogP contribution is 1.98. The van der Waals surface area contributed by atoms with E-state index >= 15 is 0 Å². The summed E-state index contributed by atoms with van der Waals surface area (Å²) in [5.41, 5.74) is 0.880. The fourth-order valence-corrected chi connectivity index (χ4v) is 1.25. The van der Waals surface area contributed by atoms with Gasteiger partial charge in [0.15, 0.2) is 0 Å². The van der Waals surface area contributed by atoms with E-state index in [0.29, 0.717) is 6.61 Å². The zero-order chi connectivity index (χ0) is 11.5. The second-order valence-electron chi connectivity index (χ2n) is 3.57. The Kier molecular flexibility index (Phi) is 8.93. The monoisotopic (exact) mass is 213 g/mol. The molecular formula is C12H23NO2. The molecule has 0 aliphatic carbocycles. The summed E-state index contributed by atoms with van der Waals surface area (Å²) in [6.45, 7) is 7.25. The molecule has 0 fully saturated rings. The fourth-order valence-electron chi connectivity index (χ4n) is 1.25. The van der Waals surface area contributed by atoms with Gasteiger partial charge in [0.2, 0.25) is 0 Å². The van der Waals surface area contributed by atoms with E-state index in [0.717, 1.165) is 18.7 Å². The first-order valence-corrected chi connectivity index (χ1v) is 5.79. The fraction of sp³-hybridized carbons (Fsp3) is 0.750. The van der Waals surface area contributed by atoms with Gasteiger partial charge in [-0.2, -0.15) is 0 Å². The van der Waals surface area contributed by atoms with Crippen LogP contribution in [0.25, 0.3) is 0 Å². The number of allylic oxidation sites excluding steroid dienone is 1. The average Bonchev–Trinajstić information content (AvgIpc) is 2.17. The molecule has 0 aliphatic heterocycles. The highest BCUT2D eigenvalue weighted by atomic mass is 16.5. The van der Waals surface area contributed by atoms with E-state index in [1.165, 1.54) is 25.3 Å². The van der Waals surface area contributed by atoms with Crippen LogP contribution in [0.5, 0.6) is 0 Å². The summed E-state index contributed by atoms with van der Waals surface area (Å²) in [5.74, 6) is -0.268. The Morgan fingerprint density at radius 3 is 2.60 bits per heavy atom. The van der Waals surface area contributed by atoms with Gasteiger partial charge in [0.05, 0.1) is 6.61 Å². The van der Waals surface area contributed by atoms with Crippen molar-refractivity contribution in [2.75, 3.05) is 13.2 Å². The Morgan fingerprint density at radius 1 is 1.27 bits per heavy atom. The highest BCUT2D eigenvalue weighted by molar-refractivity contribution is 5.82. The minimum atomic E-state index is -0.268. The van der Waals surface area contributed by atoms with Crippen molar-refractivity contribution in [1.82, 2.24) is 5.32 Å². The maximum Gasteiger partial charge on any atom is 0.332 e. The molecule has 3 nitrogen and oxygen atoms in total. The lowest BCUT2D eigenvalue weighted by molar-refractivity contribution is -0.137. The third-order valence-corrected chi connectivity index (χ3v) is 2.06. The predicted molar refractivity (Wildman–Crippen MR) is 62.5 cm³/mol. The second-order valence-corrected chi connectivity index (χ2v) is 3.57. The van der Waals surface area contributed by atoms with Crippen LogP contribution in [0.1, 0.15) is 46.5 Å². The molecule has 0 aromatic carbocycles. The smallest absolute Gasteiger partial charge is 0.332 e. The quantitative estimate of drug-likeness (QED) is 0.382. The number of nitrogens with one attached hydrogen (secondary N) is 1. The minimum Gasteiger partial charge on any atom is -0.463 e. The molecule has 88 valence electrons. The minimum absolute atomic E-state index is 0.268. The molecule has 0 bridgehead atoms. The van der Waals surface area contributed by atoms with E-state index in [-0.39, 0.29) is 5.97 Å². The zero-order valence-corrected chi connectivity index (χ0v) is 10.1. The van der Waals surface area contributed by atoms with Crippen molar-refractivity contribution in [3.8, 4) is 0 Å². The summed E-state index contributed by atoms with van der Waals surface area (Å²) in [6, 6.07) is 0. The molecule has 0 heterocycles. The van der Waals surface area contributed by atoms with Crippen LogP contribution >= 0.6 is 0 Å². The van der Waals surface area contributed by atoms with E-state index in [9.17, 15) is 4.79 Å². The second kappa shape index (κ2) is 9.56. The molecule has 0 aliphatic rings. The Morgan fingerprint density at radius 2 is 2.00 bits per heavy atom. The number of unbranched alkanes of at least 4 members (excludes halogenated alkanes) is 3. The maximum absolute atomic E-state index is 11.1. The van der Waals surface area contributed by atoms with Gasteiger partial charge in [-0.3, -0.25) is 0 Å². The summed E-state index contributed by atoms with van der Waals surface area (Å²) in [7, 11) is 0. The van der Waals surface area contributed by atoms with Crippen LogP contribution in [0.4, 0.5) is 0 Å². The molecule has 0 radical (unpaired) electrons. The van der Waals surface area contributed by atoms with Gasteiger partial charge >= 0.3 is 5.97 Å². The molecular weight excluding hydrogens is 190 g/mol. The number of rotatable bonds is 8. The summed E-state index contributed by atoms with van der Waals surface area (Å²) >= 11 is 0. The summed E-state index contributed by atoms with van der Waals surface area (Å²) < 4.78 is 4.80. The van der Waals surface area contributed by atoms with E-state index < -0.39 is 0 Å². The first kappa shape index (κ1) is 14.0. The van der Waals surface area contributed by atoms with E-state index in [2.05, 4.69) is 12.2 Å². The number of carbonyl (C=O) groups excluding carboxylic acids is 1. The molecule has 0 unspecified atom stereocenters. The Hall–Kier alpha value is -0.990. The van der Waals surface area contributed by atoms with Crippen molar-refractivity contribution >= 4 is 5.97 Å². The van der Waals surface area contributed by atoms with Gasteiger partial charge in [0, 0.05) is 18.3 Å². The molecule has 0 aromatic rings. The van der Waals surface area contributed by atoms with Gasteiger partial charge in [0.25, 0.3) is 0 Å². The molecule has 0 amide bonds. The number of hydrogen-bond donors (Lipinski definition) is 1. The van der Waals surface area contributed by atoms with Crippen molar-refractivity contribution in [1.29, 1.82) is 0 Å². The number of carbonyl (C=O) groups is 1. The Labute approximate surface area is 92.9 Å². The van der Waals surface area contributed by atoms with Crippen molar-refractivity contribution in [3.05, 3.63) is 11.8 Å². The van der Waals surface area contributed by atoms with Gasteiger partial charge in [-0.15, -0.1) is 0 Å². The molecule has 1 N–H and O–H groups in total. The van der Waals surface area contributed by atoms with Crippen molar-refractivity contribution in [2.24, 2.45) is 0 Å². The Bertz CT molecular complexity index is 200. The molecule has 0 spiro atoms. The van der Waals surface area contributed by atoms with E-state index in [1.807, 2.05) is 6.92 Å². The van der Waals surface area contributed by atoms with Gasteiger partial charge in [0.1, 0.15) is 0 Å². The summed E-state index contributed by atoms with van der Waals surface area (Å²) in [5, 5.41) is 3.19. The highest BCUT2D eigenvalue weighted by Gasteiger charge is 1.96. The van der Waals surface area contributed by atoms with Crippen LogP contribution in [-0.2, 0) is 9.53 Å². The van der Waals surface area contributed by atoms with E-state index in [1.54, 1.807) is 6.92 Å². The maximum atomic E-state index is 11.1. The van der Waals surface area contributed by atoms with Gasteiger partial charge in [-0.25, -0.2) is 4.79 Å². The number of ether oxygens (including phenoxy) is 1. The number of hydrogen-bond acceptors (Lipinski definition) is 3. The van der Waals surface area contributed by atoms with Crippen LogP contribution < -0.4 is 5.32 Å². The Balaban J connectivity index is 3.54. The molecule has 3 heteroatoms. The molecule has 0 saturated carbocycles. The first-order chi connectivity index (χ1) is 7.20. The average molecular weight is 213 g/mol. The third kappa shape index (κ3) is 9.32. The van der Waals surface area contributed by atoms with Gasteiger partial charge in [-0.1, -0.05) is 26.2 Å². The van der Waals surface area contributed by atoms with Crippen molar-refractivity contribution in [2.45, 2.75) is 46.5 Å². The van der Waals surface area contributed by atoms with Crippen molar-refractivity contribution in [3.63, 3.8) is 0 Å². The van der Waals surface area contributed by atoms with Crippen LogP contribution in [0.2, 0.25) is 0 Å². The van der Waals surface area contributed by atoms with Crippen molar-refractivity contribution < 1.29 is 9.53 Å². The topological polar surface area (TPSA) is 38.3 Å². The molecule has 0 atom stereocenters. The van der Waals surface area contributed by atoms with E-state index in [4.69, 9.17) is 4.74 Å². The lowest BCUT2D eigenvalue weighted by atomic mass is 10.2. The van der Waals surface area contributed by atoms with Gasteiger partial charge in [-0.05, 0) is 20.3 Å². The standard InChI is InChI=1S/C12H23NO2/c1-4-6-7-8-9-13-11(3)10-12(14)15-5-2/h10,13H,4-9H2,1-3H3/b11-10-. The van der Waals surface area contributed by atoms with Crippen LogP contribution in [0, 0.1) is 0 Å². The molecule has 15 heavy (non-hydrogen) atoms. The SMILES string of the molecule is CCCCCCN/C(C)=C\C(=O)OCC. The normalized spacial score (nSPS) is 11.3. The summed E-state index contributed by atoms with van der Waals surface area (Å²) in [4.78, 5) is 11.1. The number of esters is 1. The first-order valence-electron chi connectivity index (χ1n) is 5.79. The van der Waals surface area contributed by atoms with Crippen LogP contribution in [0.3, 0.4) is 0 Å². The summed E-state index contributed by atoms with van der Waals surface area (Å²) in [6.07, 6.45) is 6.43. The van der Waals surface area contributed by atoms with Crippen LogP contribution in [-0.4, -0.2) is 19.1 Å². The lowest BCUT2D eigenvalue weighted by Crippen LogP contribution is -2.14. The molecule has 0 rings (SSSR count). The largest absolute Gasteiger partial charge is 0.463 e. The molecule has 0 aromatic heterocycles. The van der Waals surface area contributed by atoms with Crippen LogP contribution in [0.15, 0.2) is 11.8 Å². The lowest BCUT2D eigenvalue weighted by Gasteiger charge is -2.05. The third-order valence-electron chi connectivity index (χ3n) is 2.06. The predicted octanol–water partition coefficient (Wildman–Crippen LogP) is 2.62.